The molecule has 0 aromatic heterocycles. The maximum absolute atomic E-state index is 10.7. The summed E-state index contributed by atoms with van der Waals surface area (Å²) in [6.45, 7) is 2.72. The fourth-order valence-electron chi connectivity index (χ4n) is 2.14. The highest BCUT2D eigenvalue weighted by Gasteiger charge is 2.16. The highest BCUT2D eigenvalue weighted by Crippen LogP contribution is 2.17. The Balaban J connectivity index is 0.00000162. The van der Waals surface area contributed by atoms with Crippen LogP contribution in [-0.2, 0) is 6.54 Å². The van der Waals surface area contributed by atoms with E-state index >= 15 is 0 Å². The highest BCUT2D eigenvalue weighted by atomic mass is 35.5. The summed E-state index contributed by atoms with van der Waals surface area (Å²) < 4.78 is 0. The Bertz CT molecular complexity index is 410. The summed E-state index contributed by atoms with van der Waals surface area (Å²) in [6, 6.07) is 7.16. The van der Waals surface area contributed by atoms with E-state index in [0.717, 1.165) is 38.0 Å². The Morgan fingerprint density at radius 1 is 1.32 bits per heavy atom. The number of benzene rings is 1. The Morgan fingerprint density at radius 3 is 2.53 bits per heavy atom. The molecular formula is C12H19Cl2N3O2. The molecule has 0 atom stereocenters. The van der Waals surface area contributed by atoms with Gasteiger partial charge >= 0.3 is 0 Å². The number of non-ortho nitro benzene ring substituents is 1. The van der Waals surface area contributed by atoms with Crippen LogP contribution in [-0.4, -0.2) is 29.0 Å². The molecule has 0 radical (unpaired) electrons. The van der Waals surface area contributed by atoms with Crippen LogP contribution in [0.5, 0.6) is 0 Å². The van der Waals surface area contributed by atoms with Gasteiger partial charge in [-0.1, -0.05) is 12.1 Å². The minimum Gasteiger partial charge on any atom is -0.328 e. The summed E-state index contributed by atoms with van der Waals surface area (Å²) in [5, 5.41) is 10.7. The first-order valence-electron chi connectivity index (χ1n) is 5.86. The number of rotatable bonds is 3. The number of halogens is 2. The number of hydrogen-bond acceptors (Lipinski definition) is 4. The van der Waals surface area contributed by atoms with Crippen LogP contribution in [0.2, 0.25) is 0 Å². The number of piperidine rings is 1. The van der Waals surface area contributed by atoms with Gasteiger partial charge in [0.15, 0.2) is 0 Å². The minimum atomic E-state index is -0.352. The minimum absolute atomic E-state index is 0. The van der Waals surface area contributed by atoms with Gasteiger partial charge in [-0.05, 0) is 31.5 Å². The summed E-state index contributed by atoms with van der Waals surface area (Å²) in [4.78, 5) is 12.6. The molecule has 2 N–H and O–H groups in total. The molecule has 0 saturated carbocycles. The lowest BCUT2D eigenvalue weighted by Crippen LogP contribution is -2.39. The monoisotopic (exact) mass is 307 g/mol. The topological polar surface area (TPSA) is 72.4 Å². The van der Waals surface area contributed by atoms with Gasteiger partial charge in [0.25, 0.3) is 5.69 Å². The third kappa shape index (κ3) is 5.32. The molecule has 1 aliphatic rings. The van der Waals surface area contributed by atoms with Gasteiger partial charge in [0.1, 0.15) is 0 Å². The highest BCUT2D eigenvalue weighted by molar-refractivity contribution is 5.85. The van der Waals surface area contributed by atoms with Crippen LogP contribution in [0, 0.1) is 10.1 Å². The maximum Gasteiger partial charge on any atom is 0.269 e. The molecule has 2 rings (SSSR count). The summed E-state index contributed by atoms with van der Waals surface area (Å²) in [5.41, 5.74) is 7.00. The van der Waals surface area contributed by atoms with Crippen molar-refractivity contribution in [3.8, 4) is 0 Å². The molecule has 19 heavy (non-hydrogen) atoms. The molecule has 1 heterocycles. The van der Waals surface area contributed by atoms with Gasteiger partial charge in [-0.3, -0.25) is 15.0 Å². The van der Waals surface area contributed by atoms with Crippen molar-refractivity contribution in [2.45, 2.75) is 25.4 Å². The van der Waals surface area contributed by atoms with Crippen LogP contribution in [0.25, 0.3) is 0 Å². The molecule has 1 aromatic carbocycles. The van der Waals surface area contributed by atoms with Gasteiger partial charge in [0.05, 0.1) is 4.92 Å². The van der Waals surface area contributed by atoms with Gasteiger partial charge in [0, 0.05) is 24.7 Å². The van der Waals surface area contributed by atoms with E-state index in [9.17, 15) is 10.1 Å². The first kappa shape index (κ1) is 18.1. The second kappa shape index (κ2) is 8.32. The van der Waals surface area contributed by atoms with Gasteiger partial charge < -0.3 is 5.73 Å². The lowest BCUT2D eigenvalue weighted by molar-refractivity contribution is -0.384. The molecule has 1 saturated heterocycles. The normalized spacial score (nSPS) is 16.3. The third-order valence-corrected chi connectivity index (χ3v) is 3.16. The molecule has 0 unspecified atom stereocenters. The van der Waals surface area contributed by atoms with E-state index in [2.05, 4.69) is 4.90 Å². The molecule has 108 valence electrons. The van der Waals surface area contributed by atoms with Crippen LogP contribution in [0.4, 0.5) is 5.69 Å². The van der Waals surface area contributed by atoms with E-state index in [1.807, 2.05) is 6.07 Å². The molecular weight excluding hydrogens is 289 g/mol. The standard InChI is InChI=1S/C12H17N3O2.2ClH/c13-11-4-6-14(7-5-11)9-10-2-1-3-12(8-10)15(16)17;;/h1-3,8,11H,4-7,9,13H2;2*1H. The van der Waals surface area contributed by atoms with E-state index in [-0.39, 0.29) is 35.4 Å². The van der Waals surface area contributed by atoms with Crippen molar-refractivity contribution in [3.05, 3.63) is 39.9 Å². The van der Waals surface area contributed by atoms with Crippen molar-refractivity contribution in [2.24, 2.45) is 5.73 Å². The molecule has 0 spiro atoms. The number of nitrogens with zero attached hydrogens (tertiary/aromatic N) is 2. The Labute approximate surface area is 125 Å². The van der Waals surface area contributed by atoms with Crippen molar-refractivity contribution in [2.75, 3.05) is 13.1 Å². The third-order valence-electron chi connectivity index (χ3n) is 3.16. The Kier molecular flexibility index (Phi) is 7.94. The molecule has 1 aliphatic heterocycles. The first-order valence-corrected chi connectivity index (χ1v) is 5.86. The van der Waals surface area contributed by atoms with Crippen molar-refractivity contribution < 1.29 is 4.92 Å². The molecule has 5 nitrogen and oxygen atoms in total. The van der Waals surface area contributed by atoms with E-state index in [1.165, 1.54) is 6.07 Å². The van der Waals surface area contributed by atoms with E-state index in [1.54, 1.807) is 12.1 Å². The molecule has 0 bridgehead atoms. The van der Waals surface area contributed by atoms with Crippen molar-refractivity contribution in [3.63, 3.8) is 0 Å². The smallest absolute Gasteiger partial charge is 0.269 e. The molecule has 0 aliphatic carbocycles. The Morgan fingerprint density at radius 2 is 1.95 bits per heavy atom. The number of nitro groups is 1. The lowest BCUT2D eigenvalue weighted by atomic mass is 10.1. The quantitative estimate of drug-likeness (QED) is 0.687. The Hall–Kier alpha value is -0.880. The number of likely N-dealkylation sites (tertiary alicyclic amines) is 1. The average Bonchev–Trinajstić information content (AvgIpc) is 2.32. The van der Waals surface area contributed by atoms with Gasteiger partial charge in [-0.25, -0.2) is 0 Å². The van der Waals surface area contributed by atoms with E-state index < -0.39 is 0 Å². The fraction of sp³-hybridized carbons (Fsp3) is 0.500. The number of nitrogens with two attached hydrogens (primary N) is 1. The van der Waals surface area contributed by atoms with Gasteiger partial charge in [0.2, 0.25) is 0 Å². The summed E-state index contributed by atoms with van der Waals surface area (Å²) in [5.74, 6) is 0. The van der Waals surface area contributed by atoms with Crippen LogP contribution in [0.3, 0.4) is 0 Å². The SMILES string of the molecule is Cl.Cl.NC1CCN(Cc2cccc([N+](=O)[O-])c2)CC1. The van der Waals surface area contributed by atoms with Crippen LogP contribution < -0.4 is 5.73 Å². The molecule has 1 fully saturated rings. The second-order valence-electron chi connectivity index (χ2n) is 4.54. The van der Waals surface area contributed by atoms with E-state index in [0.29, 0.717) is 6.04 Å². The van der Waals surface area contributed by atoms with Gasteiger partial charge in [-0.2, -0.15) is 0 Å². The predicted molar refractivity (Wildman–Crippen MR) is 80.1 cm³/mol. The summed E-state index contributed by atoms with van der Waals surface area (Å²) in [6.07, 6.45) is 2.02. The van der Waals surface area contributed by atoms with Gasteiger partial charge in [-0.15, -0.1) is 24.8 Å². The lowest BCUT2D eigenvalue weighted by Gasteiger charge is -2.29. The second-order valence-corrected chi connectivity index (χ2v) is 4.54. The first-order chi connectivity index (χ1) is 8.15. The van der Waals surface area contributed by atoms with Crippen LogP contribution in [0.15, 0.2) is 24.3 Å². The number of nitro benzene ring substituents is 1. The zero-order valence-electron chi connectivity index (χ0n) is 10.5. The van der Waals surface area contributed by atoms with Crippen molar-refractivity contribution >= 4 is 30.5 Å². The number of hydrogen-bond donors (Lipinski definition) is 1. The maximum atomic E-state index is 10.7. The molecule has 0 amide bonds. The van der Waals surface area contributed by atoms with Crippen molar-refractivity contribution in [1.29, 1.82) is 0 Å². The molecule has 1 aromatic rings. The van der Waals surface area contributed by atoms with Crippen molar-refractivity contribution in [1.82, 2.24) is 4.90 Å². The summed E-state index contributed by atoms with van der Waals surface area (Å²) >= 11 is 0. The fourth-order valence-corrected chi connectivity index (χ4v) is 2.14. The largest absolute Gasteiger partial charge is 0.328 e. The molecule has 7 heteroatoms. The van der Waals surface area contributed by atoms with Crippen LogP contribution in [0.1, 0.15) is 18.4 Å². The van der Waals surface area contributed by atoms with E-state index in [4.69, 9.17) is 5.73 Å². The zero-order valence-corrected chi connectivity index (χ0v) is 12.2. The van der Waals surface area contributed by atoms with Crippen LogP contribution >= 0.6 is 24.8 Å². The zero-order chi connectivity index (χ0) is 12.3. The summed E-state index contributed by atoms with van der Waals surface area (Å²) in [7, 11) is 0. The average molecular weight is 308 g/mol. The predicted octanol–water partition coefficient (Wildman–Crippen LogP) is 2.36.